The zero-order chi connectivity index (χ0) is 19.2. The number of hydrogen-bond acceptors (Lipinski definition) is 4. The molecule has 0 saturated carbocycles. The Hall–Kier alpha value is -2.93. The Bertz CT molecular complexity index is 818. The molecule has 2 aromatic rings. The number of anilines is 1. The first-order valence-electron chi connectivity index (χ1n) is 8.83. The van der Waals surface area contributed by atoms with Gasteiger partial charge >= 0.3 is 0 Å². The minimum absolute atomic E-state index is 0.0152. The van der Waals surface area contributed by atoms with Gasteiger partial charge in [-0.05, 0) is 61.9 Å². The Balaban J connectivity index is 1.76. The van der Waals surface area contributed by atoms with Crippen molar-refractivity contribution in [3.63, 3.8) is 0 Å². The maximum absolute atomic E-state index is 13.7. The minimum atomic E-state index is -0.532. The molecule has 0 unspecified atom stereocenters. The highest BCUT2D eigenvalue weighted by atomic mass is 19.1. The second kappa shape index (κ2) is 8.64. The summed E-state index contributed by atoms with van der Waals surface area (Å²) in [5.41, 5.74) is 0.740. The van der Waals surface area contributed by atoms with Gasteiger partial charge < -0.3 is 20.7 Å². The van der Waals surface area contributed by atoms with Crippen molar-refractivity contribution in [2.75, 3.05) is 25.5 Å². The number of hydrogen-bond donors (Lipinski definition) is 3. The van der Waals surface area contributed by atoms with Crippen molar-refractivity contribution in [3.8, 4) is 5.75 Å². The van der Waals surface area contributed by atoms with Crippen LogP contribution in [0.1, 0.15) is 33.6 Å². The highest BCUT2D eigenvalue weighted by Gasteiger charge is 2.20. The summed E-state index contributed by atoms with van der Waals surface area (Å²) in [6.45, 7) is 1.63. The van der Waals surface area contributed by atoms with Crippen molar-refractivity contribution in [2.24, 2.45) is 0 Å². The Morgan fingerprint density at radius 2 is 1.93 bits per heavy atom. The van der Waals surface area contributed by atoms with Gasteiger partial charge in [-0.2, -0.15) is 0 Å². The Kier molecular flexibility index (Phi) is 6.03. The highest BCUT2D eigenvalue weighted by Crippen LogP contribution is 2.20. The van der Waals surface area contributed by atoms with Crippen LogP contribution >= 0.6 is 0 Å². The number of halogens is 1. The summed E-state index contributed by atoms with van der Waals surface area (Å²) in [5, 5.41) is 8.78. The van der Waals surface area contributed by atoms with E-state index in [9.17, 15) is 14.0 Å². The first kappa shape index (κ1) is 18.8. The lowest BCUT2D eigenvalue weighted by atomic mass is 10.1. The summed E-state index contributed by atoms with van der Waals surface area (Å²) in [7, 11) is 1.54. The molecule has 1 atom stereocenters. The van der Waals surface area contributed by atoms with Crippen molar-refractivity contribution in [3.05, 3.63) is 59.4 Å². The van der Waals surface area contributed by atoms with Gasteiger partial charge in [0.15, 0.2) is 0 Å². The van der Waals surface area contributed by atoms with E-state index in [1.165, 1.54) is 19.2 Å². The standard InChI is InChI=1S/C20H22FN3O3/c1-27-16-7-4-13(5-8-16)19(25)24-18-11-14(21)6-9-17(18)20(26)23-15-3-2-10-22-12-15/h4-9,11,15,22H,2-3,10,12H2,1H3,(H,23,26)(H,24,25)/t15-/m0/s1. The van der Waals surface area contributed by atoms with E-state index in [0.29, 0.717) is 17.9 Å². The largest absolute Gasteiger partial charge is 0.497 e. The van der Waals surface area contributed by atoms with Crippen LogP contribution in [0.15, 0.2) is 42.5 Å². The highest BCUT2D eigenvalue weighted by molar-refractivity contribution is 6.09. The predicted octanol–water partition coefficient (Wildman–Crippen LogP) is 2.57. The number of carbonyl (C=O) groups excluding carboxylic acids is 2. The third-order valence-corrected chi connectivity index (χ3v) is 4.46. The molecule has 3 N–H and O–H groups in total. The quantitative estimate of drug-likeness (QED) is 0.755. The number of carbonyl (C=O) groups is 2. The molecule has 2 aromatic carbocycles. The summed E-state index contributed by atoms with van der Waals surface area (Å²) in [6.07, 6.45) is 1.86. The minimum Gasteiger partial charge on any atom is -0.497 e. The monoisotopic (exact) mass is 371 g/mol. The molecule has 142 valence electrons. The summed E-state index contributed by atoms with van der Waals surface area (Å²) in [5.74, 6) is -0.681. The average Bonchev–Trinajstić information content (AvgIpc) is 2.69. The number of methoxy groups -OCH3 is 1. The van der Waals surface area contributed by atoms with Crippen LogP contribution < -0.4 is 20.7 Å². The average molecular weight is 371 g/mol. The molecule has 27 heavy (non-hydrogen) atoms. The fourth-order valence-electron chi connectivity index (χ4n) is 2.99. The molecule has 0 aromatic heterocycles. The molecule has 1 saturated heterocycles. The van der Waals surface area contributed by atoms with E-state index in [0.717, 1.165) is 25.5 Å². The van der Waals surface area contributed by atoms with Crippen molar-refractivity contribution in [1.29, 1.82) is 0 Å². The molecule has 1 aliphatic heterocycles. The fraction of sp³-hybridized carbons (Fsp3) is 0.300. The topological polar surface area (TPSA) is 79.5 Å². The molecule has 0 spiro atoms. The van der Waals surface area contributed by atoms with Crippen molar-refractivity contribution < 1.29 is 18.7 Å². The van der Waals surface area contributed by atoms with Crippen LogP contribution in [0.3, 0.4) is 0 Å². The molecule has 2 amide bonds. The molecule has 0 aliphatic carbocycles. The molecule has 1 aliphatic rings. The van der Waals surface area contributed by atoms with E-state index in [2.05, 4.69) is 16.0 Å². The normalized spacial score (nSPS) is 16.4. The molecular formula is C20H22FN3O3. The van der Waals surface area contributed by atoms with Crippen molar-refractivity contribution >= 4 is 17.5 Å². The van der Waals surface area contributed by atoms with E-state index in [4.69, 9.17) is 4.74 Å². The number of piperidine rings is 1. The third kappa shape index (κ3) is 4.83. The number of amides is 2. The molecule has 0 bridgehead atoms. The summed E-state index contributed by atoms with van der Waals surface area (Å²) < 4.78 is 18.8. The van der Waals surface area contributed by atoms with E-state index in [1.54, 1.807) is 24.3 Å². The first-order valence-corrected chi connectivity index (χ1v) is 8.83. The lowest BCUT2D eigenvalue weighted by Crippen LogP contribution is -2.45. The van der Waals surface area contributed by atoms with Gasteiger partial charge in [-0.25, -0.2) is 4.39 Å². The second-order valence-electron chi connectivity index (χ2n) is 6.39. The van der Waals surface area contributed by atoms with E-state index in [-0.39, 0.29) is 23.2 Å². The number of rotatable bonds is 5. The molecule has 1 heterocycles. The van der Waals surface area contributed by atoms with Gasteiger partial charge in [-0.1, -0.05) is 0 Å². The van der Waals surface area contributed by atoms with Crippen molar-refractivity contribution in [1.82, 2.24) is 10.6 Å². The molecule has 0 radical (unpaired) electrons. The van der Waals surface area contributed by atoms with Gasteiger partial charge in [0.2, 0.25) is 0 Å². The van der Waals surface area contributed by atoms with Gasteiger partial charge in [0, 0.05) is 18.2 Å². The first-order chi connectivity index (χ1) is 13.1. The number of ether oxygens (including phenoxy) is 1. The Morgan fingerprint density at radius 1 is 1.15 bits per heavy atom. The third-order valence-electron chi connectivity index (χ3n) is 4.46. The van der Waals surface area contributed by atoms with Crippen LogP contribution in [-0.4, -0.2) is 38.1 Å². The predicted molar refractivity (Wildman–Crippen MR) is 101 cm³/mol. The zero-order valence-corrected chi connectivity index (χ0v) is 15.0. The van der Waals surface area contributed by atoms with Crippen LogP contribution in [0.25, 0.3) is 0 Å². The number of benzene rings is 2. The summed E-state index contributed by atoms with van der Waals surface area (Å²) in [6, 6.07) is 10.3. The second-order valence-corrected chi connectivity index (χ2v) is 6.39. The Labute approximate surface area is 157 Å². The van der Waals surface area contributed by atoms with E-state index >= 15 is 0 Å². The fourth-order valence-corrected chi connectivity index (χ4v) is 2.99. The van der Waals surface area contributed by atoms with E-state index in [1.807, 2.05) is 0 Å². The summed E-state index contributed by atoms with van der Waals surface area (Å²) >= 11 is 0. The molecule has 1 fully saturated rings. The smallest absolute Gasteiger partial charge is 0.255 e. The van der Waals surface area contributed by atoms with Crippen LogP contribution in [0, 0.1) is 5.82 Å². The SMILES string of the molecule is COc1ccc(C(=O)Nc2cc(F)ccc2C(=O)N[C@H]2CCCNC2)cc1. The van der Waals surface area contributed by atoms with E-state index < -0.39 is 11.7 Å². The lowest BCUT2D eigenvalue weighted by Gasteiger charge is -2.24. The summed E-state index contributed by atoms with van der Waals surface area (Å²) in [4.78, 5) is 25.1. The molecular weight excluding hydrogens is 349 g/mol. The van der Waals surface area contributed by atoms with Gasteiger partial charge in [-0.3, -0.25) is 9.59 Å². The van der Waals surface area contributed by atoms with Gasteiger partial charge in [0.05, 0.1) is 18.4 Å². The van der Waals surface area contributed by atoms with Crippen LogP contribution in [0.5, 0.6) is 5.75 Å². The maximum atomic E-state index is 13.7. The van der Waals surface area contributed by atoms with Crippen molar-refractivity contribution in [2.45, 2.75) is 18.9 Å². The van der Waals surface area contributed by atoms with Crippen LogP contribution in [0.4, 0.5) is 10.1 Å². The zero-order valence-electron chi connectivity index (χ0n) is 15.0. The van der Waals surface area contributed by atoms with Gasteiger partial charge in [-0.15, -0.1) is 0 Å². The lowest BCUT2D eigenvalue weighted by molar-refractivity contribution is 0.0931. The van der Waals surface area contributed by atoms with Gasteiger partial charge in [0.1, 0.15) is 11.6 Å². The molecule has 7 heteroatoms. The Morgan fingerprint density at radius 3 is 2.59 bits per heavy atom. The molecule has 6 nitrogen and oxygen atoms in total. The maximum Gasteiger partial charge on any atom is 0.255 e. The van der Waals surface area contributed by atoms with Gasteiger partial charge in [0.25, 0.3) is 11.8 Å². The number of nitrogens with one attached hydrogen (secondary N) is 3. The van der Waals surface area contributed by atoms with Crippen LogP contribution in [-0.2, 0) is 0 Å². The molecule has 3 rings (SSSR count). The van der Waals surface area contributed by atoms with Crippen LogP contribution in [0.2, 0.25) is 0 Å².